The van der Waals surface area contributed by atoms with Crippen molar-refractivity contribution in [1.82, 2.24) is 0 Å². The second-order valence-electron chi connectivity index (χ2n) is 4.53. The van der Waals surface area contributed by atoms with Crippen LogP contribution in [0.1, 0.15) is 19.4 Å². The molecule has 2 aromatic rings. The third-order valence-electron chi connectivity index (χ3n) is 3.09. The highest BCUT2D eigenvalue weighted by Crippen LogP contribution is 2.45. The third-order valence-corrected chi connectivity index (χ3v) is 3.09. The number of carbonyl (C=O) groups is 1. The highest BCUT2D eigenvalue weighted by atomic mass is 16.6. The van der Waals surface area contributed by atoms with Crippen molar-refractivity contribution >= 4 is 23.0 Å². The number of carboxylic acids is 1. The summed E-state index contributed by atoms with van der Waals surface area (Å²) in [5.41, 5.74) is 1.24. The summed E-state index contributed by atoms with van der Waals surface area (Å²) in [6.07, 6.45) is -0.331. The number of rotatable bonds is 3. The molecule has 2 N–H and O–H groups in total. The van der Waals surface area contributed by atoms with Crippen LogP contribution in [0.4, 0.5) is 17.1 Å². The van der Waals surface area contributed by atoms with Crippen LogP contribution in [0.3, 0.4) is 0 Å². The number of fused-ring (bicyclic) bond motifs is 2. The molecule has 0 atom stereocenters. The number of non-ortho nitro benzene ring substituents is 1. The number of hydrogen-bond acceptors (Lipinski definition) is 5. The Kier molecular flexibility index (Phi) is 4.80. The van der Waals surface area contributed by atoms with Crippen LogP contribution in [0, 0.1) is 10.1 Å². The third kappa shape index (κ3) is 3.39. The van der Waals surface area contributed by atoms with Crippen LogP contribution in [-0.4, -0.2) is 16.0 Å². The van der Waals surface area contributed by atoms with Crippen molar-refractivity contribution in [2.24, 2.45) is 0 Å². The Morgan fingerprint density at radius 3 is 2.61 bits per heavy atom. The summed E-state index contributed by atoms with van der Waals surface area (Å²) in [6, 6.07) is 9.62. The molecule has 2 aromatic carbocycles. The van der Waals surface area contributed by atoms with Gasteiger partial charge in [0.05, 0.1) is 28.8 Å². The lowest BCUT2D eigenvalue weighted by molar-refractivity contribution is -0.385. The maximum absolute atomic E-state index is 11.0. The summed E-state index contributed by atoms with van der Waals surface area (Å²) < 4.78 is 5.63. The van der Waals surface area contributed by atoms with E-state index in [0.29, 0.717) is 22.7 Å². The predicted molar refractivity (Wildman–Crippen MR) is 85.6 cm³/mol. The summed E-state index contributed by atoms with van der Waals surface area (Å²) in [5, 5.41) is 23.0. The number of nitro benzene ring substituents is 1. The Bertz CT molecular complexity index is 758. The molecule has 0 saturated heterocycles. The average molecular weight is 316 g/mol. The standard InChI is InChI=1S/C14H10N2O5.C2H6/c17-13(18)6-8-5-9(16(19)20)7-12-14(8)15-10-3-1-2-4-11(10)21-12;1-2/h1-5,7,15H,6H2,(H,17,18);1-2H3. The van der Waals surface area contributed by atoms with Gasteiger partial charge in [0.15, 0.2) is 11.5 Å². The molecule has 0 unspecified atom stereocenters. The van der Waals surface area contributed by atoms with E-state index in [9.17, 15) is 14.9 Å². The monoisotopic (exact) mass is 316 g/mol. The summed E-state index contributed by atoms with van der Waals surface area (Å²) in [5.74, 6) is -0.288. The van der Waals surface area contributed by atoms with Crippen LogP contribution in [0.15, 0.2) is 36.4 Å². The van der Waals surface area contributed by atoms with Gasteiger partial charge in [-0.25, -0.2) is 0 Å². The normalized spacial score (nSPS) is 10.9. The van der Waals surface area contributed by atoms with E-state index in [1.807, 2.05) is 19.9 Å². The molecule has 0 aromatic heterocycles. The number of nitro groups is 1. The maximum atomic E-state index is 11.0. The van der Waals surface area contributed by atoms with E-state index in [1.165, 1.54) is 12.1 Å². The van der Waals surface area contributed by atoms with Gasteiger partial charge in [-0.2, -0.15) is 0 Å². The number of ether oxygens (including phenoxy) is 1. The number of aliphatic carboxylic acids is 1. The maximum Gasteiger partial charge on any atom is 0.307 e. The summed E-state index contributed by atoms with van der Waals surface area (Å²) >= 11 is 0. The Balaban J connectivity index is 0.000000924. The first-order valence-corrected chi connectivity index (χ1v) is 7.11. The minimum Gasteiger partial charge on any atom is -0.481 e. The van der Waals surface area contributed by atoms with Gasteiger partial charge in [-0.05, 0) is 17.7 Å². The van der Waals surface area contributed by atoms with Crippen LogP contribution in [0.25, 0.3) is 0 Å². The minimum atomic E-state index is -1.07. The molecule has 7 nitrogen and oxygen atoms in total. The zero-order valence-electron chi connectivity index (χ0n) is 12.7. The molecule has 0 fully saturated rings. The lowest BCUT2D eigenvalue weighted by atomic mass is 10.1. The van der Waals surface area contributed by atoms with E-state index in [0.717, 1.165) is 0 Å². The molecule has 0 spiro atoms. The molecule has 120 valence electrons. The lowest BCUT2D eigenvalue weighted by Crippen LogP contribution is -2.09. The van der Waals surface area contributed by atoms with Crippen LogP contribution in [0.5, 0.6) is 11.5 Å². The van der Waals surface area contributed by atoms with Gasteiger partial charge in [-0.1, -0.05) is 26.0 Å². The van der Waals surface area contributed by atoms with Gasteiger partial charge < -0.3 is 15.2 Å². The number of anilines is 2. The van der Waals surface area contributed by atoms with Crippen LogP contribution in [0.2, 0.25) is 0 Å². The topological polar surface area (TPSA) is 102 Å². The van der Waals surface area contributed by atoms with Gasteiger partial charge in [0.1, 0.15) is 0 Å². The van der Waals surface area contributed by atoms with Crippen molar-refractivity contribution in [3.63, 3.8) is 0 Å². The smallest absolute Gasteiger partial charge is 0.307 e. The first-order chi connectivity index (χ1) is 11.0. The van der Waals surface area contributed by atoms with Gasteiger partial charge in [0, 0.05) is 6.07 Å². The van der Waals surface area contributed by atoms with Crippen molar-refractivity contribution in [3.05, 3.63) is 52.1 Å². The summed E-state index contributed by atoms with van der Waals surface area (Å²) in [6.45, 7) is 4.00. The predicted octanol–water partition coefficient (Wildman–Crippen LogP) is 4.10. The molecule has 1 aliphatic rings. The van der Waals surface area contributed by atoms with Crippen molar-refractivity contribution in [1.29, 1.82) is 0 Å². The molecule has 3 rings (SSSR count). The largest absolute Gasteiger partial charge is 0.481 e. The van der Waals surface area contributed by atoms with E-state index in [4.69, 9.17) is 9.84 Å². The van der Waals surface area contributed by atoms with Gasteiger partial charge >= 0.3 is 5.97 Å². The number of nitrogens with one attached hydrogen (secondary N) is 1. The fourth-order valence-electron chi connectivity index (χ4n) is 2.20. The number of hydrogen-bond donors (Lipinski definition) is 2. The first-order valence-electron chi connectivity index (χ1n) is 7.11. The molecule has 7 heteroatoms. The second-order valence-corrected chi connectivity index (χ2v) is 4.53. The van der Waals surface area contributed by atoms with E-state index >= 15 is 0 Å². The van der Waals surface area contributed by atoms with Gasteiger partial charge in [0.2, 0.25) is 0 Å². The second kappa shape index (κ2) is 6.78. The SMILES string of the molecule is CC.O=C(O)Cc1cc([N+](=O)[O-])cc2c1Nc1ccccc1O2. The minimum absolute atomic E-state index is 0.203. The lowest BCUT2D eigenvalue weighted by Gasteiger charge is -2.23. The van der Waals surface area contributed by atoms with E-state index < -0.39 is 10.9 Å². The number of para-hydroxylation sites is 2. The van der Waals surface area contributed by atoms with Crippen molar-refractivity contribution in [2.75, 3.05) is 5.32 Å². The Hall–Kier alpha value is -3.09. The van der Waals surface area contributed by atoms with Gasteiger partial charge in [0.25, 0.3) is 5.69 Å². The van der Waals surface area contributed by atoms with Crippen LogP contribution >= 0.6 is 0 Å². The molecular weight excluding hydrogens is 300 g/mol. The average Bonchev–Trinajstić information content (AvgIpc) is 2.54. The highest BCUT2D eigenvalue weighted by Gasteiger charge is 2.24. The van der Waals surface area contributed by atoms with Crippen molar-refractivity contribution in [3.8, 4) is 11.5 Å². The zero-order chi connectivity index (χ0) is 17.0. The fourth-order valence-corrected chi connectivity index (χ4v) is 2.20. The zero-order valence-corrected chi connectivity index (χ0v) is 12.7. The van der Waals surface area contributed by atoms with E-state index in [1.54, 1.807) is 18.2 Å². The Labute approximate surface area is 132 Å². The quantitative estimate of drug-likeness (QED) is 0.557. The molecule has 0 saturated carbocycles. The van der Waals surface area contributed by atoms with E-state index in [2.05, 4.69) is 5.32 Å². The number of benzene rings is 2. The van der Waals surface area contributed by atoms with Crippen molar-refractivity contribution in [2.45, 2.75) is 20.3 Å². The molecule has 0 aliphatic carbocycles. The molecule has 0 radical (unpaired) electrons. The molecule has 23 heavy (non-hydrogen) atoms. The molecule has 0 bridgehead atoms. The van der Waals surface area contributed by atoms with Gasteiger partial charge in [-0.15, -0.1) is 0 Å². The number of carboxylic acid groups (broad SMARTS) is 1. The van der Waals surface area contributed by atoms with Crippen molar-refractivity contribution < 1.29 is 19.6 Å². The fraction of sp³-hybridized carbons (Fsp3) is 0.188. The molecular formula is C16H16N2O5. The molecule has 1 aliphatic heterocycles. The Morgan fingerprint density at radius 2 is 1.96 bits per heavy atom. The molecule has 1 heterocycles. The number of nitrogens with zero attached hydrogens (tertiary/aromatic N) is 1. The van der Waals surface area contributed by atoms with Gasteiger partial charge in [-0.3, -0.25) is 14.9 Å². The Morgan fingerprint density at radius 1 is 1.26 bits per heavy atom. The molecule has 0 amide bonds. The first kappa shape index (κ1) is 16.3. The van der Waals surface area contributed by atoms with E-state index in [-0.39, 0.29) is 17.9 Å². The van der Waals surface area contributed by atoms with Crippen LogP contribution < -0.4 is 10.1 Å². The summed E-state index contributed by atoms with van der Waals surface area (Å²) in [4.78, 5) is 21.3. The summed E-state index contributed by atoms with van der Waals surface area (Å²) in [7, 11) is 0. The van der Waals surface area contributed by atoms with Crippen LogP contribution in [-0.2, 0) is 11.2 Å². The highest BCUT2D eigenvalue weighted by molar-refractivity contribution is 5.83.